The minimum atomic E-state index is -2.55. The van der Waals surface area contributed by atoms with Crippen LogP contribution in [0.1, 0.15) is 59.1 Å². The number of fused-ring (bicyclic) bond motifs is 4. The normalized spacial score (nSPS) is 20.1. The molecular formula is C24H28Sn. The standard InChI is InChI=1S/C22H22.2CH3.Sn/c1-3-7-21-15-17(11-13-19(21)5-1)9-10-18-12-14-20-6-2-4-8-22(20)16-18;;;/h9-10,13-16H,1-8H2;2*1H3;. The van der Waals surface area contributed by atoms with E-state index >= 15 is 0 Å². The molecule has 0 saturated carbocycles. The fourth-order valence-electron chi connectivity index (χ4n) is 5.29. The third-order valence-corrected chi connectivity index (χ3v) is 17.0. The van der Waals surface area contributed by atoms with E-state index in [-0.39, 0.29) is 0 Å². The molecule has 2 aromatic carbocycles. The minimum absolute atomic E-state index is 1.29. The zero-order valence-corrected chi connectivity index (χ0v) is 18.5. The van der Waals surface area contributed by atoms with Crippen LogP contribution < -0.4 is 7.16 Å². The second kappa shape index (κ2) is 6.01. The summed E-state index contributed by atoms with van der Waals surface area (Å²) < 4.78 is 3.47. The summed E-state index contributed by atoms with van der Waals surface area (Å²) in [5.74, 6) is 0. The van der Waals surface area contributed by atoms with Gasteiger partial charge in [-0.1, -0.05) is 0 Å². The van der Waals surface area contributed by atoms with Crippen LogP contribution in [-0.4, -0.2) is 18.4 Å². The van der Waals surface area contributed by atoms with E-state index in [4.69, 9.17) is 0 Å². The maximum atomic E-state index is 2.64. The van der Waals surface area contributed by atoms with Crippen LogP contribution in [-0.2, 0) is 25.7 Å². The van der Waals surface area contributed by atoms with Crippen molar-refractivity contribution in [2.75, 3.05) is 0 Å². The molecule has 0 spiro atoms. The first-order valence-corrected chi connectivity index (χ1v) is 18.7. The zero-order valence-electron chi connectivity index (χ0n) is 15.6. The van der Waals surface area contributed by atoms with E-state index in [0.717, 1.165) is 0 Å². The number of benzene rings is 2. The van der Waals surface area contributed by atoms with Gasteiger partial charge in [0.1, 0.15) is 0 Å². The predicted molar refractivity (Wildman–Crippen MR) is 112 cm³/mol. The van der Waals surface area contributed by atoms with Gasteiger partial charge in [0.05, 0.1) is 0 Å². The van der Waals surface area contributed by atoms with Crippen molar-refractivity contribution in [3.8, 4) is 0 Å². The van der Waals surface area contributed by atoms with E-state index in [1.165, 1.54) is 62.5 Å². The summed E-state index contributed by atoms with van der Waals surface area (Å²) in [7, 11) is 0. The van der Waals surface area contributed by atoms with Crippen LogP contribution in [0.4, 0.5) is 0 Å². The Balaban J connectivity index is 1.72. The molecule has 0 saturated heterocycles. The van der Waals surface area contributed by atoms with Crippen LogP contribution >= 0.6 is 0 Å². The fraction of sp³-hybridized carbons (Fsp3) is 0.417. The molecule has 2 aliphatic carbocycles. The summed E-state index contributed by atoms with van der Waals surface area (Å²) in [5.41, 5.74) is 9.64. The summed E-state index contributed by atoms with van der Waals surface area (Å²) >= 11 is -2.55. The molecule has 0 amide bonds. The van der Waals surface area contributed by atoms with Crippen molar-refractivity contribution in [2.24, 2.45) is 0 Å². The Bertz CT molecular complexity index is 814. The Kier molecular flexibility index (Phi) is 3.89. The van der Waals surface area contributed by atoms with Gasteiger partial charge in [0, 0.05) is 0 Å². The summed E-state index contributed by atoms with van der Waals surface area (Å²) in [6, 6.07) is 10.4. The van der Waals surface area contributed by atoms with Gasteiger partial charge in [0.2, 0.25) is 0 Å². The van der Waals surface area contributed by atoms with Crippen LogP contribution in [0.15, 0.2) is 24.3 Å². The molecule has 0 N–H and O–H groups in total. The molecule has 3 aliphatic rings. The van der Waals surface area contributed by atoms with Crippen molar-refractivity contribution in [1.29, 1.82) is 0 Å². The molecule has 1 heteroatoms. The Hall–Kier alpha value is -1.02. The molecule has 0 bridgehead atoms. The second-order valence-electron chi connectivity index (χ2n) is 8.79. The summed E-state index contributed by atoms with van der Waals surface area (Å²) in [4.78, 5) is 5.29. The van der Waals surface area contributed by atoms with Gasteiger partial charge in [-0.05, 0) is 0 Å². The molecule has 0 nitrogen and oxygen atoms in total. The molecule has 2 aromatic rings. The van der Waals surface area contributed by atoms with Crippen LogP contribution in [0.2, 0.25) is 9.88 Å². The Morgan fingerprint density at radius 3 is 1.32 bits per heavy atom. The number of hydrogen-bond acceptors (Lipinski definition) is 0. The molecule has 0 atom stereocenters. The van der Waals surface area contributed by atoms with E-state index in [1.807, 2.05) is 0 Å². The van der Waals surface area contributed by atoms with Crippen molar-refractivity contribution in [1.82, 2.24) is 0 Å². The quantitative estimate of drug-likeness (QED) is 0.525. The van der Waals surface area contributed by atoms with Gasteiger partial charge in [0.25, 0.3) is 0 Å². The van der Waals surface area contributed by atoms with E-state index in [9.17, 15) is 0 Å². The fourth-order valence-corrected chi connectivity index (χ4v) is 14.2. The average Bonchev–Trinajstić information content (AvgIpc) is 2.73. The van der Waals surface area contributed by atoms with Crippen LogP contribution in [0.5, 0.6) is 0 Å². The van der Waals surface area contributed by atoms with Gasteiger partial charge >= 0.3 is 157 Å². The van der Waals surface area contributed by atoms with E-state index in [2.05, 4.69) is 46.3 Å². The topological polar surface area (TPSA) is 0 Å². The number of aryl methyl sites for hydroxylation is 4. The van der Waals surface area contributed by atoms with Crippen molar-refractivity contribution < 1.29 is 0 Å². The van der Waals surface area contributed by atoms with Crippen molar-refractivity contribution in [2.45, 2.75) is 61.2 Å². The van der Waals surface area contributed by atoms with Crippen LogP contribution in [0.25, 0.3) is 12.2 Å². The van der Waals surface area contributed by atoms with Crippen LogP contribution in [0, 0.1) is 0 Å². The first-order valence-electron chi connectivity index (χ1n) is 10.1. The molecule has 1 heterocycles. The first-order chi connectivity index (χ1) is 12.1. The predicted octanol–water partition coefficient (Wildman–Crippen LogP) is 4.75. The molecule has 5 rings (SSSR count). The van der Waals surface area contributed by atoms with Crippen molar-refractivity contribution in [3.05, 3.63) is 57.6 Å². The van der Waals surface area contributed by atoms with Gasteiger partial charge in [-0.25, -0.2) is 0 Å². The van der Waals surface area contributed by atoms with Gasteiger partial charge in [-0.2, -0.15) is 0 Å². The second-order valence-corrected chi connectivity index (χ2v) is 21.1. The van der Waals surface area contributed by atoms with E-state index in [1.54, 1.807) is 29.4 Å². The van der Waals surface area contributed by atoms with Gasteiger partial charge < -0.3 is 0 Å². The van der Waals surface area contributed by atoms with Crippen LogP contribution in [0.3, 0.4) is 0 Å². The summed E-state index contributed by atoms with van der Waals surface area (Å²) in [5, 5.41) is 0. The maximum absolute atomic E-state index is 2.64. The third kappa shape index (κ3) is 2.63. The Labute approximate surface area is 156 Å². The molecule has 0 fully saturated rings. The van der Waals surface area contributed by atoms with E-state index < -0.39 is 18.4 Å². The monoisotopic (exact) mass is 436 g/mol. The third-order valence-electron chi connectivity index (χ3n) is 6.82. The number of hydrogen-bond donors (Lipinski definition) is 0. The van der Waals surface area contributed by atoms with E-state index in [0.29, 0.717) is 0 Å². The van der Waals surface area contributed by atoms with Crippen molar-refractivity contribution in [3.63, 3.8) is 0 Å². The number of rotatable bonds is 0. The Morgan fingerprint density at radius 1 is 0.560 bits per heavy atom. The molecule has 25 heavy (non-hydrogen) atoms. The van der Waals surface area contributed by atoms with Gasteiger partial charge in [-0.15, -0.1) is 0 Å². The molecule has 0 aromatic heterocycles. The molecule has 1 aliphatic heterocycles. The van der Waals surface area contributed by atoms with Gasteiger partial charge in [0.15, 0.2) is 0 Å². The Morgan fingerprint density at radius 2 is 0.920 bits per heavy atom. The van der Waals surface area contributed by atoms with Crippen molar-refractivity contribution >= 4 is 37.7 Å². The molecular weight excluding hydrogens is 407 g/mol. The zero-order chi connectivity index (χ0) is 17.0. The molecule has 128 valence electrons. The summed E-state index contributed by atoms with van der Waals surface area (Å²) in [6.07, 6.45) is 15.5. The molecule has 0 unspecified atom stereocenters. The van der Waals surface area contributed by atoms with Gasteiger partial charge in [-0.3, -0.25) is 0 Å². The average molecular weight is 435 g/mol. The SMILES string of the molecule is [CH3][Sn]1([CH3])[c]2cc3c(cc2C=Cc2cc4c(c[c]21)CCCC4)CCCC3. The first kappa shape index (κ1) is 16.2. The molecule has 0 radical (unpaired) electrons. The summed E-state index contributed by atoms with van der Waals surface area (Å²) in [6.45, 7) is 0.